The SMILES string of the molecule is CC(C)(c1ccc(O)cc1)c1ccc(O)cc1.ClCC1CO1.O=P(O)(O)O. The molecule has 1 atom stereocenters. The Labute approximate surface area is 163 Å². The second-order valence-corrected chi connectivity index (χ2v) is 7.68. The first kappa shape index (κ1) is 23.4. The molecule has 7 nitrogen and oxygen atoms in total. The quantitative estimate of drug-likeness (QED) is 0.294. The summed E-state index contributed by atoms with van der Waals surface area (Å²) in [7, 11) is -4.64. The van der Waals surface area contributed by atoms with Crippen LogP contribution < -0.4 is 0 Å². The molecule has 1 saturated heterocycles. The predicted molar refractivity (Wildman–Crippen MR) is 103 cm³/mol. The molecule has 1 unspecified atom stereocenters. The Morgan fingerprint density at radius 1 is 0.963 bits per heavy atom. The number of phosphoric acid groups is 1. The van der Waals surface area contributed by atoms with E-state index in [-0.39, 0.29) is 16.9 Å². The lowest BCUT2D eigenvalue weighted by Gasteiger charge is -2.26. The smallest absolute Gasteiger partial charge is 0.466 e. The highest BCUT2D eigenvalue weighted by atomic mass is 35.5. The van der Waals surface area contributed by atoms with E-state index in [1.807, 2.05) is 24.3 Å². The number of phenols is 2. The minimum atomic E-state index is -4.64. The van der Waals surface area contributed by atoms with Crippen LogP contribution in [-0.4, -0.2) is 43.5 Å². The molecule has 27 heavy (non-hydrogen) atoms. The zero-order valence-corrected chi connectivity index (χ0v) is 16.6. The van der Waals surface area contributed by atoms with Crippen molar-refractivity contribution in [3.63, 3.8) is 0 Å². The van der Waals surface area contributed by atoms with Crippen LogP contribution in [0, 0.1) is 0 Å². The van der Waals surface area contributed by atoms with Crippen LogP contribution in [0.2, 0.25) is 0 Å². The summed E-state index contributed by atoms with van der Waals surface area (Å²) in [6.45, 7) is 5.11. The van der Waals surface area contributed by atoms with Crippen LogP contribution in [0.25, 0.3) is 0 Å². The molecule has 0 saturated carbocycles. The van der Waals surface area contributed by atoms with Crippen LogP contribution in [0.3, 0.4) is 0 Å². The molecule has 0 aromatic heterocycles. The van der Waals surface area contributed by atoms with Crippen molar-refractivity contribution in [1.29, 1.82) is 0 Å². The number of alkyl halides is 1. The van der Waals surface area contributed by atoms with Crippen LogP contribution in [0.15, 0.2) is 48.5 Å². The third-order valence-electron chi connectivity index (χ3n) is 3.75. The van der Waals surface area contributed by atoms with Gasteiger partial charge in [0.1, 0.15) is 11.5 Å². The fourth-order valence-corrected chi connectivity index (χ4v) is 2.26. The lowest BCUT2D eigenvalue weighted by atomic mass is 9.78. The first-order valence-corrected chi connectivity index (χ1v) is 10.1. The number of benzene rings is 2. The van der Waals surface area contributed by atoms with Crippen molar-refractivity contribution in [3.05, 3.63) is 59.7 Å². The van der Waals surface area contributed by atoms with Gasteiger partial charge in [-0.25, -0.2) is 4.57 Å². The fourth-order valence-electron chi connectivity index (χ4n) is 2.08. The monoisotopic (exact) mass is 418 g/mol. The molecule has 0 radical (unpaired) electrons. The molecule has 1 fully saturated rings. The first-order valence-electron chi connectivity index (χ1n) is 7.98. The number of halogens is 1. The first-order chi connectivity index (χ1) is 12.4. The van der Waals surface area contributed by atoms with Crippen molar-refractivity contribution in [2.24, 2.45) is 0 Å². The Morgan fingerprint density at radius 3 is 1.44 bits per heavy atom. The van der Waals surface area contributed by atoms with Crippen molar-refractivity contribution < 1.29 is 34.2 Å². The average Bonchev–Trinajstić information content (AvgIpc) is 3.39. The van der Waals surface area contributed by atoms with E-state index in [0.717, 1.165) is 17.7 Å². The molecule has 1 heterocycles. The molecule has 3 rings (SSSR count). The van der Waals surface area contributed by atoms with Gasteiger partial charge in [0.15, 0.2) is 0 Å². The zero-order chi connectivity index (χ0) is 20.7. The van der Waals surface area contributed by atoms with Crippen LogP contribution in [0.4, 0.5) is 0 Å². The number of ether oxygens (including phenoxy) is 1. The molecule has 2 aromatic carbocycles. The Morgan fingerprint density at radius 2 is 1.26 bits per heavy atom. The maximum atomic E-state index is 9.30. The number of epoxide rings is 1. The molecule has 0 bridgehead atoms. The fraction of sp³-hybridized carbons (Fsp3) is 0.333. The zero-order valence-electron chi connectivity index (χ0n) is 15.0. The number of aromatic hydroxyl groups is 2. The van der Waals surface area contributed by atoms with E-state index in [1.54, 1.807) is 24.3 Å². The number of rotatable bonds is 3. The van der Waals surface area contributed by atoms with Gasteiger partial charge in [-0.05, 0) is 35.4 Å². The van der Waals surface area contributed by atoms with Crippen molar-refractivity contribution in [2.75, 3.05) is 12.5 Å². The minimum Gasteiger partial charge on any atom is -0.508 e. The molecule has 5 N–H and O–H groups in total. The van der Waals surface area contributed by atoms with E-state index in [9.17, 15) is 10.2 Å². The van der Waals surface area contributed by atoms with Crippen LogP contribution in [-0.2, 0) is 14.7 Å². The third-order valence-corrected chi connectivity index (χ3v) is 4.10. The predicted octanol–water partition coefficient (Wildman–Crippen LogP) is 3.12. The molecule has 0 aliphatic carbocycles. The molecule has 1 aliphatic heterocycles. The molecular formula is C18H24ClO7P. The summed E-state index contributed by atoms with van der Waals surface area (Å²) in [5.74, 6) is 1.21. The minimum absolute atomic E-state index is 0.151. The summed E-state index contributed by atoms with van der Waals surface area (Å²) in [5, 5.41) is 18.6. The molecular weight excluding hydrogens is 395 g/mol. The summed E-state index contributed by atoms with van der Waals surface area (Å²) < 4.78 is 13.6. The molecule has 2 aromatic rings. The van der Waals surface area contributed by atoms with Gasteiger partial charge >= 0.3 is 7.82 Å². The van der Waals surface area contributed by atoms with Gasteiger partial charge in [0, 0.05) is 5.41 Å². The van der Waals surface area contributed by atoms with Gasteiger partial charge in [0.25, 0.3) is 0 Å². The van der Waals surface area contributed by atoms with E-state index in [2.05, 4.69) is 13.8 Å². The van der Waals surface area contributed by atoms with Gasteiger partial charge in [0.05, 0.1) is 18.6 Å². The highest BCUT2D eigenvalue weighted by Gasteiger charge is 2.22. The van der Waals surface area contributed by atoms with Crippen molar-refractivity contribution in [3.8, 4) is 11.5 Å². The lowest BCUT2D eigenvalue weighted by Crippen LogP contribution is -2.18. The van der Waals surface area contributed by atoms with E-state index >= 15 is 0 Å². The number of phenolic OH excluding ortho intramolecular Hbond substituents is 2. The molecule has 0 amide bonds. The van der Waals surface area contributed by atoms with Gasteiger partial charge in [-0.3, -0.25) is 0 Å². The highest BCUT2D eigenvalue weighted by molar-refractivity contribution is 7.45. The van der Waals surface area contributed by atoms with Gasteiger partial charge in [-0.1, -0.05) is 38.1 Å². The second-order valence-electron chi connectivity index (χ2n) is 6.34. The average molecular weight is 419 g/mol. The number of hydrogen-bond donors (Lipinski definition) is 5. The summed E-state index contributed by atoms with van der Waals surface area (Å²) in [4.78, 5) is 21.6. The van der Waals surface area contributed by atoms with Gasteiger partial charge in [-0.2, -0.15) is 0 Å². The van der Waals surface area contributed by atoms with E-state index in [1.165, 1.54) is 0 Å². The van der Waals surface area contributed by atoms with Gasteiger partial charge in [0.2, 0.25) is 0 Å². The number of hydrogen-bond acceptors (Lipinski definition) is 4. The second kappa shape index (κ2) is 10.1. The standard InChI is InChI=1S/C15H16O2.C3H5ClO.H3O4P/c1-15(2,11-3-7-13(16)8-4-11)12-5-9-14(17)10-6-12;4-1-3-2-5-3;1-5(2,3)4/h3-10,16-17H,1-2H3;3H,1-2H2;(H3,1,2,3,4). The Kier molecular flexibility index (Phi) is 8.75. The Hall–Kier alpha value is -1.60. The van der Waals surface area contributed by atoms with Crippen molar-refractivity contribution in [2.45, 2.75) is 25.4 Å². The largest absolute Gasteiger partial charge is 0.508 e. The maximum Gasteiger partial charge on any atom is 0.466 e. The normalized spacial score (nSPS) is 15.7. The summed E-state index contributed by atoms with van der Waals surface area (Å²) in [6.07, 6.45) is 0.400. The van der Waals surface area contributed by atoms with Gasteiger partial charge in [-0.15, -0.1) is 11.6 Å². The van der Waals surface area contributed by atoms with Crippen LogP contribution in [0.1, 0.15) is 25.0 Å². The Balaban J connectivity index is 0.000000298. The highest BCUT2D eigenvalue weighted by Crippen LogP contribution is 2.32. The Bertz CT molecular complexity index is 682. The van der Waals surface area contributed by atoms with Crippen molar-refractivity contribution >= 4 is 19.4 Å². The van der Waals surface area contributed by atoms with E-state index in [0.29, 0.717) is 12.0 Å². The van der Waals surface area contributed by atoms with Crippen LogP contribution >= 0.6 is 19.4 Å². The lowest BCUT2D eigenvalue weighted by molar-refractivity contribution is 0.275. The summed E-state index contributed by atoms with van der Waals surface area (Å²) in [6, 6.07) is 14.4. The summed E-state index contributed by atoms with van der Waals surface area (Å²) >= 11 is 5.27. The van der Waals surface area contributed by atoms with Gasteiger partial charge < -0.3 is 29.6 Å². The van der Waals surface area contributed by atoms with Crippen molar-refractivity contribution in [1.82, 2.24) is 0 Å². The third kappa shape index (κ3) is 9.77. The topological polar surface area (TPSA) is 131 Å². The molecule has 150 valence electrons. The molecule has 9 heteroatoms. The van der Waals surface area contributed by atoms with E-state index in [4.69, 9.17) is 35.6 Å². The van der Waals surface area contributed by atoms with Crippen LogP contribution in [0.5, 0.6) is 11.5 Å². The molecule has 0 spiro atoms. The van der Waals surface area contributed by atoms with E-state index < -0.39 is 7.82 Å². The maximum absolute atomic E-state index is 9.30. The molecule has 1 aliphatic rings. The summed E-state index contributed by atoms with van der Waals surface area (Å²) in [5.41, 5.74) is 2.10.